The van der Waals surface area contributed by atoms with Crippen LogP contribution in [0.5, 0.6) is 0 Å². The molecule has 1 atom stereocenters. The van der Waals surface area contributed by atoms with Gasteiger partial charge in [-0.25, -0.2) is 0 Å². The van der Waals surface area contributed by atoms with Crippen LogP contribution in [0.4, 0.5) is 0 Å². The van der Waals surface area contributed by atoms with Crippen LogP contribution in [0.15, 0.2) is 59.5 Å². The van der Waals surface area contributed by atoms with E-state index in [0.717, 1.165) is 6.42 Å². The SMILES string of the molecule is CC[C@@H](Sc1ccccc1)c1ccc(C)cc1. The third-order valence-electron chi connectivity index (χ3n) is 2.84. The standard InChI is InChI=1S/C16H18S/c1-3-16(14-11-9-13(2)10-12-14)17-15-7-5-4-6-8-15/h4-12,16H,3H2,1-2H3/t16-/m1/s1. The Bertz CT molecular complexity index is 445. The number of aryl methyl sites for hydroxylation is 1. The van der Waals surface area contributed by atoms with Crippen molar-refractivity contribution in [2.24, 2.45) is 0 Å². The molecule has 0 unspecified atom stereocenters. The van der Waals surface area contributed by atoms with E-state index >= 15 is 0 Å². The van der Waals surface area contributed by atoms with Gasteiger partial charge in [-0.2, -0.15) is 0 Å². The lowest BCUT2D eigenvalue weighted by molar-refractivity contribution is 0.894. The van der Waals surface area contributed by atoms with Gasteiger partial charge in [-0.3, -0.25) is 0 Å². The summed E-state index contributed by atoms with van der Waals surface area (Å²) in [6, 6.07) is 19.5. The van der Waals surface area contributed by atoms with E-state index in [0.29, 0.717) is 5.25 Å². The zero-order chi connectivity index (χ0) is 12.1. The Morgan fingerprint density at radius 2 is 1.59 bits per heavy atom. The average molecular weight is 242 g/mol. The van der Waals surface area contributed by atoms with Crippen LogP contribution in [-0.2, 0) is 0 Å². The van der Waals surface area contributed by atoms with Gasteiger partial charge in [0, 0.05) is 10.1 Å². The molecule has 2 aromatic carbocycles. The molecule has 0 saturated carbocycles. The fraction of sp³-hybridized carbons (Fsp3) is 0.250. The summed E-state index contributed by atoms with van der Waals surface area (Å²) in [6.45, 7) is 4.38. The highest BCUT2D eigenvalue weighted by atomic mass is 32.2. The van der Waals surface area contributed by atoms with E-state index in [1.54, 1.807) is 0 Å². The van der Waals surface area contributed by atoms with Gasteiger partial charge in [0.25, 0.3) is 0 Å². The van der Waals surface area contributed by atoms with Crippen LogP contribution in [0.25, 0.3) is 0 Å². The largest absolute Gasteiger partial charge is 0.118 e. The lowest BCUT2D eigenvalue weighted by Gasteiger charge is -2.15. The van der Waals surface area contributed by atoms with Crippen molar-refractivity contribution in [3.63, 3.8) is 0 Å². The van der Waals surface area contributed by atoms with Crippen LogP contribution in [0.3, 0.4) is 0 Å². The van der Waals surface area contributed by atoms with Crippen LogP contribution in [-0.4, -0.2) is 0 Å². The van der Waals surface area contributed by atoms with Crippen molar-refractivity contribution < 1.29 is 0 Å². The maximum Gasteiger partial charge on any atom is 0.0341 e. The first-order chi connectivity index (χ1) is 8.29. The molecule has 88 valence electrons. The molecule has 2 aromatic rings. The van der Waals surface area contributed by atoms with Crippen LogP contribution >= 0.6 is 11.8 Å². The van der Waals surface area contributed by atoms with Crippen molar-refractivity contribution in [2.75, 3.05) is 0 Å². The number of benzene rings is 2. The Balaban J connectivity index is 2.14. The van der Waals surface area contributed by atoms with Crippen LogP contribution < -0.4 is 0 Å². The maximum atomic E-state index is 2.25. The first-order valence-electron chi connectivity index (χ1n) is 6.08. The van der Waals surface area contributed by atoms with Crippen molar-refractivity contribution in [1.29, 1.82) is 0 Å². The summed E-state index contributed by atoms with van der Waals surface area (Å²) >= 11 is 1.95. The van der Waals surface area contributed by atoms with E-state index in [-0.39, 0.29) is 0 Å². The van der Waals surface area contributed by atoms with Crippen LogP contribution in [0.1, 0.15) is 29.7 Å². The quantitative estimate of drug-likeness (QED) is 0.661. The predicted molar refractivity (Wildman–Crippen MR) is 76.5 cm³/mol. The summed E-state index contributed by atoms with van der Waals surface area (Å²) in [5.41, 5.74) is 2.75. The minimum atomic E-state index is 0.554. The number of thioether (sulfide) groups is 1. The molecule has 0 nitrogen and oxygen atoms in total. The summed E-state index contributed by atoms with van der Waals surface area (Å²) in [4.78, 5) is 1.35. The Morgan fingerprint density at radius 1 is 0.941 bits per heavy atom. The van der Waals surface area contributed by atoms with Gasteiger partial charge in [0.15, 0.2) is 0 Å². The summed E-state index contributed by atoms with van der Waals surface area (Å²) in [7, 11) is 0. The first-order valence-corrected chi connectivity index (χ1v) is 6.96. The Morgan fingerprint density at radius 3 is 2.18 bits per heavy atom. The van der Waals surface area contributed by atoms with E-state index in [1.165, 1.54) is 16.0 Å². The zero-order valence-electron chi connectivity index (χ0n) is 10.4. The summed E-state index contributed by atoms with van der Waals surface area (Å²) in [5.74, 6) is 0. The monoisotopic (exact) mass is 242 g/mol. The van der Waals surface area contributed by atoms with E-state index in [2.05, 4.69) is 68.4 Å². The second-order valence-electron chi connectivity index (χ2n) is 4.24. The van der Waals surface area contributed by atoms with Crippen LogP contribution in [0, 0.1) is 6.92 Å². The Hall–Kier alpha value is -1.21. The molecule has 0 saturated heterocycles. The number of hydrogen-bond donors (Lipinski definition) is 0. The summed E-state index contributed by atoms with van der Waals surface area (Å²) in [5, 5.41) is 0.554. The minimum absolute atomic E-state index is 0.554. The molecule has 2 rings (SSSR count). The molecule has 0 aliphatic rings. The van der Waals surface area contributed by atoms with Crippen molar-refractivity contribution in [1.82, 2.24) is 0 Å². The normalized spacial score (nSPS) is 12.4. The molecule has 0 N–H and O–H groups in total. The molecule has 0 aliphatic heterocycles. The fourth-order valence-electron chi connectivity index (χ4n) is 1.83. The van der Waals surface area contributed by atoms with Gasteiger partial charge in [-0.15, -0.1) is 11.8 Å². The van der Waals surface area contributed by atoms with Crippen LogP contribution in [0.2, 0.25) is 0 Å². The number of rotatable bonds is 4. The summed E-state index contributed by atoms with van der Waals surface area (Å²) < 4.78 is 0. The second kappa shape index (κ2) is 5.92. The molecule has 0 heterocycles. The molecule has 0 bridgehead atoms. The van der Waals surface area contributed by atoms with E-state index < -0.39 is 0 Å². The summed E-state index contributed by atoms with van der Waals surface area (Å²) in [6.07, 6.45) is 1.16. The zero-order valence-corrected chi connectivity index (χ0v) is 11.2. The lowest BCUT2D eigenvalue weighted by atomic mass is 10.1. The second-order valence-corrected chi connectivity index (χ2v) is 5.51. The van der Waals surface area contributed by atoms with Gasteiger partial charge in [0.05, 0.1) is 0 Å². The minimum Gasteiger partial charge on any atom is -0.118 e. The molecular formula is C16H18S. The molecule has 0 amide bonds. The smallest absolute Gasteiger partial charge is 0.0341 e. The van der Waals surface area contributed by atoms with Crippen molar-refractivity contribution in [2.45, 2.75) is 30.4 Å². The molecular weight excluding hydrogens is 224 g/mol. The van der Waals surface area contributed by atoms with Gasteiger partial charge in [-0.05, 0) is 31.0 Å². The van der Waals surface area contributed by atoms with Gasteiger partial charge < -0.3 is 0 Å². The molecule has 0 aromatic heterocycles. The third-order valence-corrected chi connectivity index (χ3v) is 4.28. The molecule has 0 aliphatic carbocycles. The molecule has 1 heteroatoms. The Labute approximate surface area is 108 Å². The van der Waals surface area contributed by atoms with Gasteiger partial charge in [0.1, 0.15) is 0 Å². The lowest BCUT2D eigenvalue weighted by Crippen LogP contribution is -1.92. The van der Waals surface area contributed by atoms with E-state index in [9.17, 15) is 0 Å². The third kappa shape index (κ3) is 3.37. The average Bonchev–Trinajstić information content (AvgIpc) is 2.38. The topological polar surface area (TPSA) is 0 Å². The molecule has 0 spiro atoms. The molecule has 17 heavy (non-hydrogen) atoms. The maximum absolute atomic E-state index is 2.25. The molecule has 0 fully saturated rings. The highest BCUT2D eigenvalue weighted by Gasteiger charge is 2.10. The van der Waals surface area contributed by atoms with Crippen molar-refractivity contribution in [3.05, 3.63) is 65.7 Å². The fourth-order valence-corrected chi connectivity index (χ4v) is 2.93. The van der Waals surface area contributed by atoms with E-state index in [4.69, 9.17) is 0 Å². The highest BCUT2D eigenvalue weighted by Crippen LogP contribution is 2.37. The number of hydrogen-bond acceptors (Lipinski definition) is 1. The van der Waals surface area contributed by atoms with Gasteiger partial charge in [0.2, 0.25) is 0 Å². The van der Waals surface area contributed by atoms with Gasteiger partial charge >= 0.3 is 0 Å². The Kier molecular flexibility index (Phi) is 4.27. The predicted octanol–water partition coefficient (Wildman–Crippen LogP) is 5.24. The van der Waals surface area contributed by atoms with E-state index in [1.807, 2.05) is 11.8 Å². The van der Waals surface area contributed by atoms with Crippen molar-refractivity contribution >= 4 is 11.8 Å². The molecule has 0 radical (unpaired) electrons. The van der Waals surface area contributed by atoms with Crippen molar-refractivity contribution in [3.8, 4) is 0 Å². The highest BCUT2D eigenvalue weighted by molar-refractivity contribution is 7.99. The first kappa shape index (κ1) is 12.3. The van der Waals surface area contributed by atoms with Gasteiger partial charge in [-0.1, -0.05) is 55.0 Å².